The highest BCUT2D eigenvalue weighted by atomic mass is 35.5. The average molecular weight is 336 g/mol. The van der Waals surface area contributed by atoms with Crippen LogP contribution in [0.4, 0.5) is 4.79 Å². The molecule has 1 atom stereocenters. The number of hydrogen-bond acceptors (Lipinski definition) is 2. The van der Waals surface area contributed by atoms with Gasteiger partial charge in [-0.25, -0.2) is 4.79 Å². The van der Waals surface area contributed by atoms with E-state index in [-0.39, 0.29) is 12.2 Å². The molecule has 0 N–H and O–H groups in total. The first-order valence-corrected chi connectivity index (χ1v) is 7.78. The number of ether oxygens (including phenoxy) is 1. The first-order valence-electron chi connectivity index (χ1n) is 7.02. The number of amides is 1. The van der Waals surface area contributed by atoms with E-state index in [1.54, 1.807) is 11.0 Å². The van der Waals surface area contributed by atoms with Gasteiger partial charge in [-0.05, 0) is 41.8 Å². The molecule has 0 radical (unpaired) electrons. The van der Waals surface area contributed by atoms with Gasteiger partial charge in [0.1, 0.15) is 6.10 Å². The zero-order valence-electron chi connectivity index (χ0n) is 12.1. The van der Waals surface area contributed by atoms with Gasteiger partial charge < -0.3 is 9.64 Å². The molecule has 22 heavy (non-hydrogen) atoms. The first-order chi connectivity index (χ1) is 10.5. The molecule has 0 aliphatic carbocycles. The summed E-state index contributed by atoms with van der Waals surface area (Å²) >= 11 is 12.1. The minimum absolute atomic E-state index is 0.0413. The van der Waals surface area contributed by atoms with Crippen molar-refractivity contribution in [3.8, 4) is 11.1 Å². The van der Waals surface area contributed by atoms with Gasteiger partial charge in [-0.1, -0.05) is 47.5 Å². The average Bonchev–Trinajstić information content (AvgIpc) is 2.76. The van der Waals surface area contributed by atoms with E-state index < -0.39 is 0 Å². The zero-order valence-corrected chi connectivity index (χ0v) is 13.6. The SMILES string of the molecule is C[C@@H]1CN(Cc2ccc(-c3cc(Cl)cc(Cl)c3)cc2)C(=O)O1. The fourth-order valence-corrected chi connectivity index (χ4v) is 3.07. The molecule has 0 saturated carbocycles. The molecule has 1 heterocycles. The summed E-state index contributed by atoms with van der Waals surface area (Å²) in [6.45, 7) is 3.08. The Balaban J connectivity index is 1.76. The van der Waals surface area contributed by atoms with Crippen molar-refractivity contribution in [3.63, 3.8) is 0 Å². The van der Waals surface area contributed by atoms with Crippen molar-refractivity contribution in [2.75, 3.05) is 6.54 Å². The Morgan fingerprint density at radius 2 is 1.73 bits per heavy atom. The first kappa shape index (κ1) is 15.2. The highest BCUT2D eigenvalue weighted by Crippen LogP contribution is 2.27. The predicted octanol–water partition coefficient (Wildman–Crippen LogP) is 5.00. The molecule has 0 unspecified atom stereocenters. The second-order valence-electron chi connectivity index (χ2n) is 5.43. The van der Waals surface area contributed by atoms with Crippen molar-refractivity contribution in [2.24, 2.45) is 0 Å². The molecule has 114 valence electrons. The summed E-state index contributed by atoms with van der Waals surface area (Å²) in [5.74, 6) is 0. The third-order valence-electron chi connectivity index (χ3n) is 3.56. The molecule has 1 fully saturated rings. The predicted molar refractivity (Wildman–Crippen MR) is 88.3 cm³/mol. The number of halogens is 2. The Morgan fingerprint density at radius 1 is 1.09 bits per heavy atom. The van der Waals surface area contributed by atoms with E-state index >= 15 is 0 Å². The lowest BCUT2D eigenvalue weighted by Gasteiger charge is -2.13. The summed E-state index contributed by atoms with van der Waals surface area (Å²) in [5.41, 5.74) is 3.06. The summed E-state index contributed by atoms with van der Waals surface area (Å²) in [7, 11) is 0. The van der Waals surface area contributed by atoms with Crippen LogP contribution in [0.3, 0.4) is 0 Å². The third kappa shape index (κ3) is 3.37. The van der Waals surface area contributed by atoms with Crippen molar-refractivity contribution in [3.05, 3.63) is 58.1 Å². The number of cyclic esters (lactones) is 1. The Kier molecular flexibility index (Phi) is 4.27. The lowest BCUT2D eigenvalue weighted by molar-refractivity contribution is 0.137. The summed E-state index contributed by atoms with van der Waals surface area (Å²) in [5, 5.41) is 1.22. The number of carbonyl (C=O) groups is 1. The minimum Gasteiger partial charge on any atom is -0.444 e. The number of carbonyl (C=O) groups excluding carboxylic acids is 1. The van der Waals surface area contributed by atoms with Crippen LogP contribution in [0.2, 0.25) is 10.0 Å². The van der Waals surface area contributed by atoms with Gasteiger partial charge >= 0.3 is 6.09 Å². The summed E-state index contributed by atoms with van der Waals surface area (Å²) in [4.78, 5) is 13.3. The molecule has 0 bridgehead atoms. The van der Waals surface area contributed by atoms with Crippen molar-refractivity contribution < 1.29 is 9.53 Å². The van der Waals surface area contributed by atoms with Gasteiger partial charge in [-0.15, -0.1) is 0 Å². The second kappa shape index (κ2) is 6.19. The smallest absolute Gasteiger partial charge is 0.410 e. The van der Waals surface area contributed by atoms with Gasteiger partial charge in [0, 0.05) is 16.6 Å². The van der Waals surface area contributed by atoms with Crippen LogP contribution in [-0.4, -0.2) is 23.6 Å². The van der Waals surface area contributed by atoms with Crippen molar-refractivity contribution in [1.82, 2.24) is 4.90 Å². The lowest BCUT2D eigenvalue weighted by atomic mass is 10.0. The number of rotatable bonds is 3. The maximum absolute atomic E-state index is 11.6. The molecule has 3 rings (SSSR count). The standard InChI is InChI=1S/C17H15Cl2NO2/c1-11-9-20(17(21)22-11)10-12-2-4-13(5-3-12)14-6-15(18)8-16(19)7-14/h2-8,11H,9-10H2,1H3/t11-/m1/s1. The zero-order chi connectivity index (χ0) is 15.7. The highest BCUT2D eigenvalue weighted by molar-refractivity contribution is 6.35. The molecule has 1 saturated heterocycles. The molecule has 3 nitrogen and oxygen atoms in total. The molecule has 2 aromatic carbocycles. The Hall–Kier alpha value is -1.71. The molecule has 2 aromatic rings. The van der Waals surface area contributed by atoms with Gasteiger partial charge in [-0.2, -0.15) is 0 Å². The van der Waals surface area contributed by atoms with E-state index in [1.807, 2.05) is 43.3 Å². The van der Waals surface area contributed by atoms with Gasteiger partial charge in [0.25, 0.3) is 0 Å². The highest BCUT2D eigenvalue weighted by Gasteiger charge is 2.27. The summed E-state index contributed by atoms with van der Waals surface area (Å²) in [6.07, 6.45) is -0.293. The molecule has 1 aliphatic rings. The minimum atomic E-state index is -0.252. The van der Waals surface area contributed by atoms with Gasteiger partial charge in [0.2, 0.25) is 0 Å². The maximum atomic E-state index is 11.6. The molecule has 1 amide bonds. The topological polar surface area (TPSA) is 29.5 Å². The fraction of sp³-hybridized carbons (Fsp3) is 0.235. The molecular weight excluding hydrogens is 321 g/mol. The van der Waals surface area contributed by atoms with Crippen LogP contribution in [0.1, 0.15) is 12.5 Å². The van der Waals surface area contributed by atoms with Crippen molar-refractivity contribution >= 4 is 29.3 Å². The van der Waals surface area contributed by atoms with E-state index in [1.165, 1.54) is 0 Å². The largest absolute Gasteiger partial charge is 0.444 e. The van der Waals surface area contributed by atoms with Crippen LogP contribution in [-0.2, 0) is 11.3 Å². The number of hydrogen-bond donors (Lipinski definition) is 0. The molecule has 5 heteroatoms. The number of benzene rings is 2. The van der Waals surface area contributed by atoms with Crippen LogP contribution in [0.5, 0.6) is 0 Å². The maximum Gasteiger partial charge on any atom is 0.410 e. The van der Waals surface area contributed by atoms with E-state index in [9.17, 15) is 4.79 Å². The van der Waals surface area contributed by atoms with Crippen LogP contribution < -0.4 is 0 Å². The van der Waals surface area contributed by atoms with Crippen LogP contribution in [0, 0.1) is 0 Å². The van der Waals surface area contributed by atoms with Crippen molar-refractivity contribution in [1.29, 1.82) is 0 Å². The van der Waals surface area contributed by atoms with Gasteiger partial charge in [-0.3, -0.25) is 0 Å². The monoisotopic (exact) mass is 335 g/mol. The summed E-state index contributed by atoms with van der Waals surface area (Å²) < 4.78 is 5.12. The quantitative estimate of drug-likeness (QED) is 0.789. The van der Waals surface area contributed by atoms with Crippen LogP contribution in [0.15, 0.2) is 42.5 Å². The third-order valence-corrected chi connectivity index (χ3v) is 4.00. The van der Waals surface area contributed by atoms with Gasteiger partial charge in [0.15, 0.2) is 0 Å². The Bertz CT molecular complexity index is 680. The van der Waals surface area contributed by atoms with E-state index in [4.69, 9.17) is 27.9 Å². The fourth-order valence-electron chi connectivity index (χ4n) is 2.54. The van der Waals surface area contributed by atoms with Crippen molar-refractivity contribution in [2.45, 2.75) is 19.6 Å². The number of nitrogens with zero attached hydrogens (tertiary/aromatic N) is 1. The Morgan fingerprint density at radius 3 is 2.27 bits per heavy atom. The Labute approximate surface area is 139 Å². The lowest BCUT2D eigenvalue weighted by Crippen LogP contribution is -2.24. The molecule has 1 aliphatic heterocycles. The van der Waals surface area contributed by atoms with Crippen LogP contribution in [0.25, 0.3) is 11.1 Å². The summed E-state index contributed by atoms with van der Waals surface area (Å²) in [6, 6.07) is 13.5. The van der Waals surface area contributed by atoms with Gasteiger partial charge in [0.05, 0.1) is 6.54 Å². The molecular formula is C17H15Cl2NO2. The second-order valence-corrected chi connectivity index (χ2v) is 6.30. The molecule has 0 aromatic heterocycles. The van der Waals surface area contributed by atoms with Crippen LogP contribution >= 0.6 is 23.2 Å². The van der Waals surface area contributed by atoms with E-state index in [2.05, 4.69) is 0 Å². The van der Waals surface area contributed by atoms with E-state index in [0.717, 1.165) is 16.7 Å². The molecule has 0 spiro atoms. The van der Waals surface area contributed by atoms with E-state index in [0.29, 0.717) is 23.1 Å². The normalized spacial score (nSPS) is 17.7.